The summed E-state index contributed by atoms with van der Waals surface area (Å²) in [7, 11) is 3.23. The number of nitrogens with one attached hydrogen (secondary N) is 1. The van der Waals surface area contributed by atoms with E-state index in [4.69, 9.17) is 9.47 Å². The van der Waals surface area contributed by atoms with Gasteiger partial charge in [0.2, 0.25) is 0 Å². The zero-order valence-electron chi connectivity index (χ0n) is 12.4. The van der Waals surface area contributed by atoms with Crippen molar-refractivity contribution in [2.24, 2.45) is 0 Å². The number of ether oxygens (including phenoxy) is 2. The normalized spacial score (nSPS) is 13.9. The Hall–Kier alpha value is -1.39. The average molecular weight is 265 g/mol. The van der Waals surface area contributed by atoms with E-state index in [-0.39, 0.29) is 5.91 Å². The summed E-state index contributed by atoms with van der Waals surface area (Å²) in [5, 5.41) is 2.88. The molecular weight excluding hydrogens is 242 g/mol. The number of carbonyl (C=O) groups excluding carboxylic acids is 1. The molecule has 0 bridgehead atoms. The van der Waals surface area contributed by atoms with Crippen LogP contribution in [0.4, 0.5) is 0 Å². The van der Waals surface area contributed by atoms with Gasteiger partial charge in [-0.3, -0.25) is 4.79 Å². The molecule has 0 heterocycles. The molecule has 0 saturated heterocycles. The number of rotatable bonds is 6. The van der Waals surface area contributed by atoms with E-state index in [0.717, 1.165) is 5.56 Å². The third-order valence-corrected chi connectivity index (χ3v) is 3.33. The lowest BCUT2D eigenvalue weighted by Gasteiger charge is -2.27. The highest BCUT2D eigenvalue weighted by Crippen LogP contribution is 2.11. The first-order valence-electron chi connectivity index (χ1n) is 6.31. The van der Waals surface area contributed by atoms with Gasteiger partial charge in [-0.25, -0.2) is 0 Å². The Bertz CT molecular complexity index is 445. The van der Waals surface area contributed by atoms with Gasteiger partial charge in [-0.2, -0.15) is 0 Å². The molecule has 4 nitrogen and oxygen atoms in total. The van der Waals surface area contributed by atoms with Gasteiger partial charge in [-0.1, -0.05) is 6.07 Å². The average Bonchev–Trinajstić information content (AvgIpc) is 2.39. The van der Waals surface area contributed by atoms with E-state index < -0.39 is 5.60 Å². The third-order valence-electron chi connectivity index (χ3n) is 3.33. The molecule has 0 fully saturated rings. The Kier molecular flexibility index (Phi) is 5.51. The zero-order chi connectivity index (χ0) is 14.5. The number of amides is 1. The molecule has 0 spiro atoms. The van der Waals surface area contributed by atoms with Crippen molar-refractivity contribution in [2.75, 3.05) is 27.4 Å². The van der Waals surface area contributed by atoms with Crippen molar-refractivity contribution >= 4 is 5.91 Å². The number of hydrogen-bond acceptors (Lipinski definition) is 3. The molecule has 1 atom stereocenters. The van der Waals surface area contributed by atoms with E-state index in [0.29, 0.717) is 18.7 Å². The minimum Gasteiger partial charge on any atom is -0.382 e. The van der Waals surface area contributed by atoms with Gasteiger partial charge in [0.15, 0.2) is 0 Å². The fraction of sp³-hybridized carbons (Fsp3) is 0.533. The van der Waals surface area contributed by atoms with Crippen LogP contribution in [0.3, 0.4) is 0 Å². The fourth-order valence-corrected chi connectivity index (χ4v) is 1.74. The fourth-order valence-electron chi connectivity index (χ4n) is 1.74. The standard InChI is InChI=1S/C15H23NO3/c1-11-6-7-13(8-12(11)2)14(17)16-9-15(3,19-5)10-18-4/h6-8H,9-10H2,1-5H3,(H,16,17). The second-order valence-corrected chi connectivity index (χ2v) is 5.07. The summed E-state index contributed by atoms with van der Waals surface area (Å²) in [6.45, 7) is 6.75. The SMILES string of the molecule is COCC(C)(CNC(=O)c1ccc(C)c(C)c1)OC. The summed E-state index contributed by atoms with van der Waals surface area (Å²) < 4.78 is 10.5. The van der Waals surface area contributed by atoms with Crippen molar-refractivity contribution < 1.29 is 14.3 Å². The highest BCUT2D eigenvalue weighted by molar-refractivity contribution is 5.94. The lowest BCUT2D eigenvalue weighted by Crippen LogP contribution is -2.45. The molecule has 0 radical (unpaired) electrons. The number of benzene rings is 1. The van der Waals surface area contributed by atoms with Crippen LogP contribution in [-0.2, 0) is 9.47 Å². The second-order valence-electron chi connectivity index (χ2n) is 5.07. The summed E-state index contributed by atoms with van der Waals surface area (Å²) in [6, 6.07) is 5.68. The molecule has 0 aliphatic rings. The summed E-state index contributed by atoms with van der Waals surface area (Å²) in [6.07, 6.45) is 0. The predicted octanol–water partition coefficient (Wildman–Crippen LogP) is 2.08. The highest BCUT2D eigenvalue weighted by atomic mass is 16.5. The maximum Gasteiger partial charge on any atom is 0.251 e. The van der Waals surface area contributed by atoms with E-state index >= 15 is 0 Å². The van der Waals surface area contributed by atoms with Crippen LogP contribution >= 0.6 is 0 Å². The molecule has 19 heavy (non-hydrogen) atoms. The molecule has 1 unspecified atom stereocenters. The van der Waals surface area contributed by atoms with Gasteiger partial charge >= 0.3 is 0 Å². The Balaban J connectivity index is 2.67. The van der Waals surface area contributed by atoms with Crippen LogP contribution < -0.4 is 5.32 Å². The van der Waals surface area contributed by atoms with Crippen molar-refractivity contribution in [1.82, 2.24) is 5.32 Å². The monoisotopic (exact) mass is 265 g/mol. The van der Waals surface area contributed by atoms with Crippen molar-refractivity contribution in [2.45, 2.75) is 26.4 Å². The molecule has 0 aliphatic heterocycles. The Labute approximate surface area is 115 Å². The number of hydrogen-bond donors (Lipinski definition) is 1. The van der Waals surface area contributed by atoms with Crippen LogP contribution in [0.25, 0.3) is 0 Å². The quantitative estimate of drug-likeness (QED) is 0.856. The van der Waals surface area contributed by atoms with Crippen molar-refractivity contribution in [3.8, 4) is 0 Å². The minimum absolute atomic E-state index is 0.0949. The number of carbonyl (C=O) groups is 1. The van der Waals surface area contributed by atoms with Crippen LogP contribution in [0.1, 0.15) is 28.4 Å². The largest absolute Gasteiger partial charge is 0.382 e. The molecule has 0 saturated carbocycles. The molecular formula is C15H23NO3. The molecule has 1 N–H and O–H groups in total. The van der Waals surface area contributed by atoms with E-state index in [9.17, 15) is 4.79 Å². The van der Waals surface area contributed by atoms with Gasteiger partial charge in [0.05, 0.1) is 6.61 Å². The van der Waals surface area contributed by atoms with E-state index in [1.807, 2.05) is 39.0 Å². The first-order chi connectivity index (χ1) is 8.91. The molecule has 0 aliphatic carbocycles. The lowest BCUT2D eigenvalue weighted by molar-refractivity contribution is -0.0479. The van der Waals surface area contributed by atoms with Gasteiger partial charge in [0.25, 0.3) is 5.91 Å². The smallest absolute Gasteiger partial charge is 0.251 e. The Morgan fingerprint density at radius 1 is 1.26 bits per heavy atom. The zero-order valence-corrected chi connectivity index (χ0v) is 12.4. The predicted molar refractivity (Wildman–Crippen MR) is 75.5 cm³/mol. The summed E-state index contributed by atoms with van der Waals surface area (Å²) in [4.78, 5) is 12.1. The van der Waals surface area contributed by atoms with E-state index in [1.54, 1.807) is 14.2 Å². The van der Waals surface area contributed by atoms with Crippen LogP contribution in [-0.4, -0.2) is 38.9 Å². The maximum absolute atomic E-state index is 12.1. The van der Waals surface area contributed by atoms with Gasteiger partial charge in [0, 0.05) is 26.3 Å². The van der Waals surface area contributed by atoms with Crippen LogP contribution in [0.15, 0.2) is 18.2 Å². The Morgan fingerprint density at radius 3 is 2.47 bits per heavy atom. The molecule has 1 amide bonds. The molecule has 4 heteroatoms. The van der Waals surface area contributed by atoms with Crippen molar-refractivity contribution in [3.05, 3.63) is 34.9 Å². The minimum atomic E-state index is -0.510. The first kappa shape index (κ1) is 15.7. The Morgan fingerprint density at radius 2 is 1.95 bits per heavy atom. The van der Waals surface area contributed by atoms with Crippen molar-refractivity contribution in [1.29, 1.82) is 0 Å². The molecule has 1 aromatic rings. The summed E-state index contributed by atoms with van der Waals surface area (Å²) >= 11 is 0. The van der Waals surface area contributed by atoms with Gasteiger partial charge in [-0.05, 0) is 44.0 Å². The van der Waals surface area contributed by atoms with Crippen LogP contribution in [0, 0.1) is 13.8 Å². The van der Waals surface area contributed by atoms with Gasteiger partial charge in [-0.15, -0.1) is 0 Å². The number of aryl methyl sites for hydroxylation is 2. The van der Waals surface area contributed by atoms with Gasteiger partial charge in [0.1, 0.15) is 5.60 Å². The highest BCUT2D eigenvalue weighted by Gasteiger charge is 2.24. The van der Waals surface area contributed by atoms with E-state index in [2.05, 4.69) is 5.32 Å². The molecule has 0 aromatic heterocycles. The maximum atomic E-state index is 12.1. The topological polar surface area (TPSA) is 47.6 Å². The summed E-state index contributed by atoms with van der Waals surface area (Å²) in [5.74, 6) is -0.0949. The first-order valence-corrected chi connectivity index (χ1v) is 6.31. The van der Waals surface area contributed by atoms with Crippen molar-refractivity contribution in [3.63, 3.8) is 0 Å². The number of methoxy groups -OCH3 is 2. The summed E-state index contributed by atoms with van der Waals surface area (Å²) in [5.41, 5.74) is 2.44. The van der Waals surface area contributed by atoms with Crippen LogP contribution in [0.2, 0.25) is 0 Å². The lowest BCUT2D eigenvalue weighted by atomic mass is 10.0. The van der Waals surface area contributed by atoms with E-state index in [1.165, 1.54) is 5.56 Å². The molecule has 1 aromatic carbocycles. The van der Waals surface area contributed by atoms with Gasteiger partial charge < -0.3 is 14.8 Å². The second kappa shape index (κ2) is 6.68. The molecule has 106 valence electrons. The van der Waals surface area contributed by atoms with Crippen LogP contribution in [0.5, 0.6) is 0 Å². The molecule has 1 rings (SSSR count). The third kappa shape index (κ3) is 4.33.